The molecule has 10 heteroatoms. The normalized spacial score (nSPS) is 11.3. The second-order valence-corrected chi connectivity index (χ2v) is 9.89. The van der Waals surface area contributed by atoms with Crippen LogP contribution in [0.5, 0.6) is 0 Å². The Morgan fingerprint density at radius 1 is 0.949 bits per heavy atom. The molecule has 0 radical (unpaired) electrons. The molecule has 0 bridgehead atoms. The molecular formula is C29H18FN7OS. The number of hydrogen-bond donors (Lipinski definition) is 3. The number of nitrogens with one attached hydrogen (secondary N) is 3. The summed E-state index contributed by atoms with van der Waals surface area (Å²) in [6, 6.07) is 21.8. The van der Waals surface area contributed by atoms with Gasteiger partial charge in [-0.2, -0.15) is 9.49 Å². The van der Waals surface area contributed by atoms with Gasteiger partial charge >= 0.3 is 0 Å². The van der Waals surface area contributed by atoms with Gasteiger partial charge < -0.3 is 10.3 Å². The highest BCUT2D eigenvalue weighted by molar-refractivity contribution is 7.14. The van der Waals surface area contributed by atoms with E-state index in [-0.39, 0.29) is 11.0 Å². The van der Waals surface area contributed by atoms with Crippen LogP contribution < -0.4 is 5.32 Å². The number of hydrogen-bond acceptors (Lipinski definition) is 6. The SMILES string of the molecule is O=C(Nc1cncc(-c2ccc3[nH]nc(-c4nc5c(-c6ccc(F)s6)ccnc5[nH]4)c3c2)c1)c1ccccc1. The number of carbonyl (C=O) groups excluding carboxylic acids is 1. The minimum atomic E-state index is -0.255. The van der Waals surface area contributed by atoms with Crippen LogP contribution in [0.2, 0.25) is 0 Å². The number of anilines is 1. The number of amides is 1. The molecule has 0 aliphatic heterocycles. The Balaban J connectivity index is 1.25. The first-order valence-corrected chi connectivity index (χ1v) is 12.8. The highest BCUT2D eigenvalue weighted by Gasteiger charge is 2.17. The fourth-order valence-electron chi connectivity index (χ4n) is 4.51. The maximum Gasteiger partial charge on any atom is 0.255 e. The molecule has 0 unspecified atom stereocenters. The Labute approximate surface area is 224 Å². The molecule has 0 aliphatic carbocycles. The number of imidazole rings is 1. The van der Waals surface area contributed by atoms with Crippen molar-refractivity contribution < 1.29 is 9.18 Å². The quantitative estimate of drug-likeness (QED) is 0.229. The first kappa shape index (κ1) is 22.9. The Morgan fingerprint density at radius 2 is 1.85 bits per heavy atom. The van der Waals surface area contributed by atoms with Crippen LogP contribution >= 0.6 is 11.3 Å². The zero-order valence-corrected chi connectivity index (χ0v) is 21.0. The van der Waals surface area contributed by atoms with Crippen molar-refractivity contribution in [2.75, 3.05) is 5.32 Å². The lowest BCUT2D eigenvalue weighted by atomic mass is 10.0. The molecule has 0 fully saturated rings. The highest BCUT2D eigenvalue weighted by Crippen LogP contribution is 2.34. The van der Waals surface area contributed by atoms with E-state index in [0.717, 1.165) is 43.8 Å². The van der Waals surface area contributed by atoms with Gasteiger partial charge in [0.2, 0.25) is 0 Å². The molecule has 8 nitrogen and oxygen atoms in total. The van der Waals surface area contributed by atoms with Gasteiger partial charge in [0.05, 0.1) is 17.4 Å². The summed E-state index contributed by atoms with van der Waals surface area (Å²) in [5, 5.41) is 11.1. The molecule has 188 valence electrons. The van der Waals surface area contributed by atoms with Crippen LogP contribution in [0.4, 0.5) is 10.1 Å². The van der Waals surface area contributed by atoms with Crippen LogP contribution in [0.1, 0.15) is 10.4 Å². The number of rotatable bonds is 5. The number of pyridine rings is 2. The van der Waals surface area contributed by atoms with Crippen LogP contribution in [0.25, 0.3) is 55.2 Å². The lowest BCUT2D eigenvalue weighted by molar-refractivity contribution is 0.102. The highest BCUT2D eigenvalue weighted by atomic mass is 32.1. The van der Waals surface area contributed by atoms with E-state index in [1.807, 2.05) is 48.5 Å². The molecule has 0 saturated carbocycles. The van der Waals surface area contributed by atoms with E-state index in [9.17, 15) is 9.18 Å². The molecule has 0 spiro atoms. The van der Waals surface area contributed by atoms with Crippen LogP contribution in [-0.2, 0) is 0 Å². The Bertz CT molecular complexity index is 1990. The molecule has 3 N–H and O–H groups in total. The van der Waals surface area contributed by atoms with Crippen molar-refractivity contribution in [2.24, 2.45) is 0 Å². The fraction of sp³-hybridized carbons (Fsp3) is 0. The van der Waals surface area contributed by atoms with Crippen LogP contribution in [-0.4, -0.2) is 36.0 Å². The first-order chi connectivity index (χ1) is 19.1. The molecule has 39 heavy (non-hydrogen) atoms. The number of benzene rings is 2. The minimum Gasteiger partial charge on any atom is -0.321 e. The van der Waals surface area contributed by atoms with Crippen molar-refractivity contribution in [3.63, 3.8) is 0 Å². The molecule has 7 rings (SSSR count). The number of thiophene rings is 1. The molecular weight excluding hydrogens is 513 g/mol. The van der Waals surface area contributed by atoms with Crippen LogP contribution in [0, 0.1) is 5.13 Å². The largest absolute Gasteiger partial charge is 0.321 e. The Morgan fingerprint density at radius 3 is 2.69 bits per heavy atom. The number of fused-ring (bicyclic) bond motifs is 2. The maximum atomic E-state index is 13.7. The van der Waals surface area contributed by atoms with E-state index in [1.54, 1.807) is 36.8 Å². The zero-order chi connectivity index (χ0) is 26.3. The summed E-state index contributed by atoms with van der Waals surface area (Å²) in [7, 11) is 0. The predicted octanol–water partition coefficient (Wildman–Crippen LogP) is 6.68. The number of halogens is 1. The summed E-state index contributed by atoms with van der Waals surface area (Å²) in [4.78, 5) is 30.2. The average Bonchev–Trinajstić information content (AvgIpc) is 3.71. The summed E-state index contributed by atoms with van der Waals surface area (Å²) >= 11 is 1.07. The molecule has 0 saturated heterocycles. The molecule has 7 aromatic rings. The molecule has 5 heterocycles. The minimum absolute atomic E-state index is 0.203. The van der Waals surface area contributed by atoms with Gasteiger partial charge in [0, 0.05) is 39.3 Å². The number of carbonyl (C=O) groups is 1. The van der Waals surface area contributed by atoms with Gasteiger partial charge in [0.1, 0.15) is 11.2 Å². The van der Waals surface area contributed by atoms with E-state index in [4.69, 9.17) is 4.98 Å². The molecule has 0 atom stereocenters. The molecule has 5 aromatic heterocycles. The smallest absolute Gasteiger partial charge is 0.255 e. The maximum absolute atomic E-state index is 13.7. The van der Waals surface area contributed by atoms with Crippen LogP contribution in [0.15, 0.2) is 91.4 Å². The van der Waals surface area contributed by atoms with Crippen molar-refractivity contribution in [3.8, 4) is 33.1 Å². The summed E-state index contributed by atoms with van der Waals surface area (Å²) in [5.41, 5.74) is 6.41. The number of H-pyrrole nitrogens is 2. The molecule has 0 aliphatic rings. The van der Waals surface area contributed by atoms with E-state index < -0.39 is 0 Å². The number of nitrogens with zero attached hydrogens (tertiary/aromatic N) is 4. The Hall–Kier alpha value is -5.22. The van der Waals surface area contributed by atoms with Gasteiger partial charge in [0.25, 0.3) is 5.91 Å². The lowest BCUT2D eigenvalue weighted by Crippen LogP contribution is -2.11. The van der Waals surface area contributed by atoms with Gasteiger partial charge in [-0.25, -0.2) is 9.97 Å². The van der Waals surface area contributed by atoms with Crippen molar-refractivity contribution in [1.29, 1.82) is 0 Å². The standard InChI is InChI=1S/C29H18FN7OS/c30-24-9-8-23(39-24)20-10-11-32-27-25(20)34-28(35-27)26-21-13-17(6-7-22(21)36-37-26)18-12-19(15-31-14-18)33-29(38)16-4-2-1-3-5-16/h1-15H,(H,33,38)(H,36,37)(H,32,34,35). The summed E-state index contributed by atoms with van der Waals surface area (Å²) < 4.78 is 13.7. The van der Waals surface area contributed by atoms with Gasteiger partial charge in [-0.15, -0.1) is 11.3 Å². The summed E-state index contributed by atoms with van der Waals surface area (Å²) in [5.74, 6) is 0.345. The van der Waals surface area contributed by atoms with Gasteiger partial charge in [-0.3, -0.25) is 14.9 Å². The summed E-state index contributed by atoms with van der Waals surface area (Å²) in [6.45, 7) is 0. The van der Waals surface area contributed by atoms with Gasteiger partial charge in [-0.1, -0.05) is 24.3 Å². The van der Waals surface area contributed by atoms with Crippen molar-refractivity contribution in [2.45, 2.75) is 0 Å². The third-order valence-electron chi connectivity index (χ3n) is 6.38. The number of aromatic amines is 2. The molecule has 2 aromatic carbocycles. The third kappa shape index (κ3) is 4.22. The van der Waals surface area contributed by atoms with E-state index in [2.05, 4.69) is 30.5 Å². The van der Waals surface area contributed by atoms with E-state index in [1.165, 1.54) is 6.07 Å². The Kier molecular flexibility index (Phi) is 5.45. The number of aromatic nitrogens is 6. The van der Waals surface area contributed by atoms with Gasteiger partial charge in [-0.05, 0) is 54.1 Å². The van der Waals surface area contributed by atoms with Crippen molar-refractivity contribution in [3.05, 3.63) is 102 Å². The van der Waals surface area contributed by atoms with Gasteiger partial charge in [0.15, 0.2) is 16.6 Å². The monoisotopic (exact) mass is 531 g/mol. The van der Waals surface area contributed by atoms with Crippen LogP contribution in [0.3, 0.4) is 0 Å². The molecule has 1 amide bonds. The fourth-order valence-corrected chi connectivity index (χ4v) is 5.27. The predicted molar refractivity (Wildman–Crippen MR) is 150 cm³/mol. The average molecular weight is 532 g/mol. The zero-order valence-electron chi connectivity index (χ0n) is 20.1. The second-order valence-electron chi connectivity index (χ2n) is 8.86. The van der Waals surface area contributed by atoms with Crippen molar-refractivity contribution in [1.82, 2.24) is 30.1 Å². The third-order valence-corrected chi connectivity index (χ3v) is 7.28. The second kappa shape index (κ2) is 9.26. The summed E-state index contributed by atoms with van der Waals surface area (Å²) in [6.07, 6.45) is 5.04. The lowest BCUT2D eigenvalue weighted by Gasteiger charge is -2.08. The van der Waals surface area contributed by atoms with E-state index >= 15 is 0 Å². The van der Waals surface area contributed by atoms with Crippen molar-refractivity contribution >= 4 is 45.0 Å². The first-order valence-electron chi connectivity index (χ1n) is 12.0. The topological polar surface area (TPSA) is 112 Å². The van der Waals surface area contributed by atoms with E-state index in [0.29, 0.717) is 33.9 Å².